The SMILES string of the molecule is CCC1(C(=O)N2CCC(CN)C2)CCC1.Cl. The van der Waals surface area contributed by atoms with Gasteiger partial charge in [0.05, 0.1) is 0 Å². The first kappa shape index (κ1) is 13.8. The molecule has 1 atom stereocenters. The monoisotopic (exact) mass is 246 g/mol. The number of rotatable bonds is 3. The summed E-state index contributed by atoms with van der Waals surface area (Å²) in [4.78, 5) is 14.4. The lowest BCUT2D eigenvalue weighted by molar-refractivity contribution is -0.146. The summed E-state index contributed by atoms with van der Waals surface area (Å²) >= 11 is 0. The second-order valence-electron chi connectivity index (χ2n) is 5.13. The van der Waals surface area contributed by atoms with Crippen molar-refractivity contribution in [2.45, 2.75) is 39.0 Å². The molecule has 0 radical (unpaired) electrons. The largest absolute Gasteiger partial charge is 0.342 e. The van der Waals surface area contributed by atoms with Crippen molar-refractivity contribution in [1.82, 2.24) is 4.90 Å². The molecule has 0 aromatic heterocycles. The Balaban J connectivity index is 0.00000128. The minimum absolute atomic E-state index is 0. The van der Waals surface area contributed by atoms with E-state index in [1.165, 1.54) is 6.42 Å². The van der Waals surface area contributed by atoms with Gasteiger partial charge in [0.1, 0.15) is 0 Å². The molecule has 94 valence electrons. The lowest BCUT2D eigenvalue weighted by Crippen LogP contribution is -2.46. The lowest BCUT2D eigenvalue weighted by Gasteiger charge is -2.42. The molecule has 4 heteroatoms. The van der Waals surface area contributed by atoms with Crippen molar-refractivity contribution in [3.8, 4) is 0 Å². The maximum Gasteiger partial charge on any atom is 0.228 e. The van der Waals surface area contributed by atoms with Gasteiger partial charge in [0, 0.05) is 18.5 Å². The fourth-order valence-electron chi connectivity index (χ4n) is 2.87. The van der Waals surface area contributed by atoms with Gasteiger partial charge >= 0.3 is 0 Å². The second-order valence-corrected chi connectivity index (χ2v) is 5.13. The van der Waals surface area contributed by atoms with Crippen LogP contribution >= 0.6 is 12.4 Å². The zero-order valence-corrected chi connectivity index (χ0v) is 10.9. The van der Waals surface area contributed by atoms with E-state index >= 15 is 0 Å². The molecule has 16 heavy (non-hydrogen) atoms. The van der Waals surface area contributed by atoms with Gasteiger partial charge in [-0.2, -0.15) is 0 Å². The van der Waals surface area contributed by atoms with Gasteiger partial charge in [-0.05, 0) is 38.1 Å². The summed E-state index contributed by atoms with van der Waals surface area (Å²) in [5.74, 6) is 0.954. The minimum Gasteiger partial charge on any atom is -0.342 e. The van der Waals surface area contributed by atoms with E-state index in [1.807, 2.05) is 0 Å². The number of amides is 1. The van der Waals surface area contributed by atoms with Crippen LogP contribution in [0.25, 0.3) is 0 Å². The molecule has 1 aliphatic heterocycles. The predicted octanol–water partition coefficient (Wildman–Crippen LogP) is 1.80. The molecule has 2 fully saturated rings. The first-order valence-electron chi connectivity index (χ1n) is 6.21. The van der Waals surface area contributed by atoms with Crippen LogP contribution in [-0.4, -0.2) is 30.4 Å². The Kier molecular flexibility index (Phi) is 4.62. The van der Waals surface area contributed by atoms with Crippen LogP contribution in [0, 0.1) is 11.3 Å². The number of likely N-dealkylation sites (tertiary alicyclic amines) is 1. The third kappa shape index (κ3) is 2.21. The fourth-order valence-corrected chi connectivity index (χ4v) is 2.87. The van der Waals surface area contributed by atoms with E-state index in [4.69, 9.17) is 5.73 Å². The van der Waals surface area contributed by atoms with Gasteiger partial charge in [-0.3, -0.25) is 4.79 Å². The average molecular weight is 247 g/mol. The zero-order valence-electron chi connectivity index (χ0n) is 10.1. The number of hydrogen-bond acceptors (Lipinski definition) is 2. The third-order valence-electron chi connectivity index (χ3n) is 4.35. The summed E-state index contributed by atoms with van der Waals surface area (Å²) in [7, 11) is 0. The van der Waals surface area contributed by atoms with Crippen molar-refractivity contribution in [3.05, 3.63) is 0 Å². The van der Waals surface area contributed by atoms with Crippen LogP contribution in [0.3, 0.4) is 0 Å². The quantitative estimate of drug-likeness (QED) is 0.826. The molecule has 0 aromatic rings. The molecule has 0 spiro atoms. The number of hydrogen-bond donors (Lipinski definition) is 1. The maximum atomic E-state index is 12.3. The maximum absolute atomic E-state index is 12.3. The van der Waals surface area contributed by atoms with Gasteiger partial charge in [-0.1, -0.05) is 13.3 Å². The minimum atomic E-state index is 0. The molecule has 1 saturated heterocycles. The molecule has 3 nitrogen and oxygen atoms in total. The predicted molar refractivity (Wildman–Crippen MR) is 67.6 cm³/mol. The number of carbonyl (C=O) groups excluding carboxylic acids is 1. The van der Waals surface area contributed by atoms with E-state index in [0.29, 0.717) is 11.8 Å². The lowest BCUT2D eigenvalue weighted by atomic mass is 9.66. The van der Waals surface area contributed by atoms with Crippen molar-refractivity contribution in [2.24, 2.45) is 17.1 Å². The van der Waals surface area contributed by atoms with Gasteiger partial charge < -0.3 is 10.6 Å². The molecule has 2 rings (SSSR count). The van der Waals surface area contributed by atoms with E-state index in [2.05, 4.69) is 11.8 Å². The molecule has 1 unspecified atom stereocenters. The van der Waals surface area contributed by atoms with Crippen LogP contribution < -0.4 is 5.73 Å². The molecule has 1 amide bonds. The van der Waals surface area contributed by atoms with E-state index in [-0.39, 0.29) is 17.8 Å². The van der Waals surface area contributed by atoms with Crippen LogP contribution in [-0.2, 0) is 4.79 Å². The van der Waals surface area contributed by atoms with Crippen LogP contribution in [0.2, 0.25) is 0 Å². The summed E-state index contributed by atoms with van der Waals surface area (Å²) in [5.41, 5.74) is 5.66. The average Bonchev–Trinajstić information content (AvgIpc) is 2.64. The fraction of sp³-hybridized carbons (Fsp3) is 0.917. The molecular weight excluding hydrogens is 224 g/mol. The van der Waals surface area contributed by atoms with E-state index in [1.54, 1.807) is 0 Å². The van der Waals surface area contributed by atoms with Crippen molar-refractivity contribution in [3.63, 3.8) is 0 Å². The molecule has 1 aliphatic carbocycles. The van der Waals surface area contributed by atoms with Crippen LogP contribution in [0.15, 0.2) is 0 Å². The van der Waals surface area contributed by atoms with Crippen LogP contribution in [0.1, 0.15) is 39.0 Å². The van der Waals surface area contributed by atoms with Crippen molar-refractivity contribution < 1.29 is 4.79 Å². The highest BCUT2D eigenvalue weighted by Gasteiger charge is 2.45. The Morgan fingerprint density at radius 2 is 2.19 bits per heavy atom. The molecule has 1 heterocycles. The van der Waals surface area contributed by atoms with Gasteiger partial charge in [-0.15, -0.1) is 12.4 Å². The Bertz CT molecular complexity index is 248. The zero-order chi connectivity index (χ0) is 10.9. The molecule has 2 N–H and O–H groups in total. The van der Waals surface area contributed by atoms with Gasteiger partial charge in [0.15, 0.2) is 0 Å². The van der Waals surface area contributed by atoms with Crippen LogP contribution in [0.5, 0.6) is 0 Å². The molecule has 2 aliphatic rings. The van der Waals surface area contributed by atoms with E-state index < -0.39 is 0 Å². The van der Waals surface area contributed by atoms with Gasteiger partial charge in [0.25, 0.3) is 0 Å². The van der Waals surface area contributed by atoms with Gasteiger partial charge in [0.2, 0.25) is 5.91 Å². The summed E-state index contributed by atoms with van der Waals surface area (Å²) in [6, 6.07) is 0. The first-order valence-corrected chi connectivity index (χ1v) is 6.21. The van der Waals surface area contributed by atoms with Crippen molar-refractivity contribution >= 4 is 18.3 Å². The highest BCUT2D eigenvalue weighted by Crippen LogP contribution is 2.45. The molecular formula is C12H23ClN2O. The highest BCUT2D eigenvalue weighted by atomic mass is 35.5. The number of nitrogens with two attached hydrogens (primary N) is 1. The van der Waals surface area contributed by atoms with Crippen molar-refractivity contribution in [2.75, 3.05) is 19.6 Å². The number of nitrogens with zero attached hydrogens (tertiary/aromatic N) is 1. The normalized spacial score (nSPS) is 27.1. The smallest absolute Gasteiger partial charge is 0.228 e. The Labute approximate surface area is 104 Å². The summed E-state index contributed by atoms with van der Waals surface area (Å²) in [6.07, 6.45) is 5.55. The highest BCUT2D eigenvalue weighted by molar-refractivity contribution is 5.85. The second kappa shape index (κ2) is 5.37. The molecule has 0 aromatic carbocycles. The third-order valence-corrected chi connectivity index (χ3v) is 4.35. The Morgan fingerprint density at radius 3 is 2.56 bits per heavy atom. The Morgan fingerprint density at radius 1 is 1.50 bits per heavy atom. The Hall–Kier alpha value is -0.280. The summed E-state index contributed by atoms with van der Waals surface area (Å²) < 4.78 is 0. The molecule has 0 bridgehead atoms. The molecule has 1 saturated carbocycles. The van der Waals surface area contributed by atoms with Crippen LogP contribution in [0.4, 0.5) is 0 Å². The van der Waals surface area contributed by atoms with E-state index in [9.17, 15) is 4.79 Å². The standard InChI is InChI=1S/C12H22N2O.ClH/c1-2-12(5-3-6-12)11(15)14-7-4-10(8-13)9-14;/h10H,2-9,13H2,1H3;1H. The van der Waals surface area contributed by atoms with Crippen molar-refractivity contribution in [1.29, 1.82) is 0 Å². The number of halogens is 1. The topological polar surface area (TPSA) is 46.3 Å². The van der Waals surface area contributed by atoms with E-state index in [0.717, 1.165) is 45.3 Å². The van der Waals surface area contributed by atoms with Gasteiger partial charge in [-0.25, -0.2) is 0 Å². The summed E-state index contributed by atoms with van der Waals surface area (Å²) in [5, 5.41) is 0. The number of carbonyl (C=O) groups is 1. The summed E-state index contributed by atoms with van der Waals surface area (Å²) in [6.45, 7) is 4.70. The first-order chi connectivity index (χ1) is 7.22.